The number of benzene rings is 1. The van der Waals surface area contributed by atoms with E-state index < -0.39 is 4.92 Å². The van der Waals surface area contributed by atoms with E-state index in [0.29, 0.717) is 28.5 Å². The maximum Gasteiger partial charge on any atom is 0.271 e. The molecule has 0 fully saturated rings. The van der Waals surface area contributed by atoms with Gasteiger partial charge in [0.15, 0.2) is 5.82 Å². The molecule has 2 heterocycles. The Morgan fingerprint density at radius 1 is 1.29 bits per heavy atom. The summed E-state index contributed by atoms with van der Waals surface area (Å²) in [6.45, 7) is 0.285. The number of terminal acetylenes is 1. The van der Waals surface area contributed by atoms with Crippen molar-refractivity contribution in [1.29, 1.82) is 0 Å². The zero-order valence-corrected chi connectivity index (χ0v) is 12.3. The van der Waals surface area contributed by atoms with Crippen molar-refractivity contribution in [2.45, 2.75) is 0 Å². The maximum atomic E-state index is 10.9. The lowest BCUT2D eigenvalue weighted by Crippen LogP contribution is -2.05. The maximum absolute atomic E-state index is 10.9. The molecule has 0 spiro atoms. The molecule has 0 radical (unpaired) electrons. The van der Waals surface area contributed by atoms with Gasteiger partial charge < -0.3 is 10.6 Å². The number of nitrogens with one attached hydrogen (secondary N) is 2. The van der Waals surface area contributed by atoms with Crippen molar-refractivity contribution in [3.63, 3.8) is 0 Å². The van der Waals surface area contributed by atoms with Crippen LogP contribution in [0.3, 0.4) is 0 Å². The highest BCUT2D eigenvalue weighted by Gasteiger charge is 2.10. The number of nitro benzene ring substituents is 1. The summed E-state index contributed by atoms with van der Waals surface area (Å²) in [4.78, 5) is 27.1. The topological polar surface area (TPSA) is 119 Å². The van der Waals surface area contributed by atoms with E-state index in [1.54, 1.807) is 18.3 Å². The Morgan fingerprint density at radius 2 is 2.17 bits per heavy atom. The summed E-state index contributed by atoms with van der Waals surface area (Å²) >= 11 is 0. The molecule has 2 N–H and O–H groups in total. The number of hydrogen-bond acceptors (Lipinski definition) is 8. The van der Waals surface area contributed by atoms with E-state index >= 15 is 0 Å². The van der Waals surface area contributed by atoms with E-state index in [4.69, 9.17) is 6.42 Å². The molecule has 0 bridgehead atoms. The van der Waals surface area contributed by atoms with Crippen LogP contribution in [-0.4, -0.2) is 31.4 Å². The Labute approximate surface area is 136 Å². The van der Waals surface area contributed by atoms with Crippen LogP contribution in [0.4, 0.5) is 23.1 Å². The number of fused-ring (bicyclic) bond motifs is 1. The minimum Gasteiger partial charge on any atom is -0.343 e. The molecule has 0 unspecified atom stereocenters. The minimum absolute atomic E-state index is 0.0237. The van der Waals surface area contributed by atoms with Crippen LogP contribution in [-0.2, 0) is 0 Å². The van der Waals surface area contributed by atoms with Crippen LogP contribution in [0.25, 0.3) is 11.0 Å². The van der Waals surface area contributed by atoms with Crippen LogP contribution in [0.15, 0.2) is 36.8 Å². The van der Waals surface area contributed by atoms with Gasteiger partial charge in [-0.05, 0) is 6.07 Å². The van der Waals surface area contributed by atoms with Crippen molar-refractivity contribution < 1.29 is 4.92 Å². The first-order valence-corrected chi connectivity index (χ1v) is 6.84. The summed E-state index contributed by atoms with van der Waals surface area (Å²) in [7, 11) is 0. The van der Waals surface area contributed by atoms with E-state index in [2.05, 4.69) is 36.5 Å². The van der Waals surface area contributed by atoms with Crippen LogP contribution in [0.1, 0.15) is 0 Å². The van der Waals surface area contributed by atoms with Gasteiger partial charge in [0.25, 0.3) is 5.69 Å². The summed E-state index contributed by atoms with van der Waals surface area (Å²) in [5.41, 5.74) is 1.49. The molecule has 3 aromatic rings. The number of rotatable bonds is 5. The molecular weight excluding hydrogens is 310 g/mol. The minimum atomic E-state index is -0.465. The first-order valence-electron chi connectivity index (χ1n) is 6.84. The number of aromatic nitrogens is 4. The molecular formula is C15H11N7O2. The van der Waals surface area contributed by atoms with Crippen molar-refractivity contribution in [1.82, 2.24) is 19.9 Å². The normalized spacial score (nSPS) is 10.1. The van der Waals surface area contributed by atoms with Gasteiger partial charge in [0.1, 0.15) is 17.4 Å². The Balaban J connectivity index is 1.98. The molecule has 1 aromatic carbocycles. The fourth-order valence-corrected chi connectivity index (χ4v) is 1.99. The fraction of sp³-hybridized carbons (Fsp3) is 0.0667. The second-order valence-corrected chi connectivity index (χ2v) is 4.64. The fourth-order valence-electron chi connectivity index (χ4n) is 1.99. The zero-order valence-electron chi connectivity index (χ0n) is 12.3. The highest BCUT2D eigenvalue weighted by molar-refractivity contribution is 5.87. The molecule has 118 valence electrons. The van der Waals surface area contributed by atoms with Crippen LogP contribution >= 0.6 is 0 Å². The van der Waals surface area contributed by atoms with Crippen molar-refractivity contribution in [3.8, 4) is 12.3 Å². The van der Waals surface area contributed by atoms with E-state index in [-0.39, 0.29) is 12.2 Å². The first kappa shape index (κ1) is 15.1. The van der Waals surface area contributed by atoms with E-state index in [9.17, 15) is 10.1 Å². The summed E-state index contributed by atoms with van der Waals surface area (Å²) in [5, 5.41) is 16.8. The predicted molar refractivity (Wildman–Crippen MR) is 88.8 cm³/mol. The molecule has 0 saturated carbocycles. The van der Waals surface area contributed by atoms with Gasteiger partial charge in [-0.15, -0.1) is 6.42 Å². The average Bonchev–Trinajstić information content (AvgIpc) is 2.60. The summed E-state index contributed by atoms with van der Waals surface area (Å²) in [6.07, 6.45) is 8.10. The summed E-state index contributed by atoms with van der Waals surface area (Å²) in [5.74, 6) is 3.19. The molecule has 0 aliphatic rings. The van der Waals surface area contributed by atoms with E-state index in [0.717, 1.165) is 0 Å². The highest BCUT2D eigenvalue weighted by atomic mass is 16.6. The number of anilines is 3. The molecule has 3 rings (SSSR count). The third-order valence-corrected chi connectivity index (χ3v) is 3.05. The van der Waals surface area contributed by atoms with Gasteiger partial charge in [-0.1, -0.05) is 12.0 Å². The number of hydrogen-bond donors (Lipinski definition) is 2. The smallest absolute Gasteiger partial charge is 0.271 e. The van der Waals surface area contributed by atoms with Crippen molar-refractivity contribution in [3.05, 3.63) is 46.9 Å². The van der Waals surface area contributed by atoms with E-state index in [1.165, 1.54) is 18.5 Å². The van der Waals surface area contributed by atoms with Gasteiger partial charge in [-0.25, -0.2) is 19.9 Å². The zero-order chi connectivity index (χ0) is 16.9. The Hall–Kier alpha value is -3.80. The molecule has 0 aliphatic carbocycles. The molecule has 2 aromatic heterocycles. The number of non-ortho nitro benzene ring substituents is 1. The lowest BCUT2D eigenvalue weighted by Gasteiger charge is -2.08. The molecule has 24 heavy (non-hydrogen) atoms. The van der Waals surface area contributed by atoms with Crippen LogP contribution in [0, 0.1) is 22.5 Å². The largest absolute Gasteiger partial charge is 0.343 e. The van der Waals surface area contributed by atoms with Gasteiger partial charge >= 0.3 is 0 Å². The lowest BCUT2D eigenvalue weighted by molar-refractivity contribution is -0.384. The third kappa shape index (κ3) is 3.17. The molecule has 0 amide bonds. The van der Waals surface area contributed by atoms with Crippen molar-refractivity contribution in [2.24, 2.45) is 0 Å². The molecule has 0 aliphatic heterocycles. The molecule has 0 atom stereocenters. The molecule has 9 nitrogen and oxygen atoms in total. The van der Waals surface area contributed by atoms with Crippen LogP contribution < -0.4 is 10.6 Å². The second kappa shape index (κ2) is 6.53. The molecule has 9 heteroatoms. The summed E-state index contributed by atoms with van der Waals surface area (Å²) in [6, 6.07) is 6.10. The van der Waals surface area contributed by atoms with Crippen LogP contribution in [0.2, 0.25) is 0 Å². The van der Waals surface area contributed by atoms with Gasteiger partial charge in [0.05, 0.1) is 17.7 Å². The Bertz CT molecular complexity index is 952. The van der Waals surface area contributed by atoms with Gasteiger partial charge in [0, 0.05) is 17.8 Å². The monoisotopic (exact) mass is 321 g/mol. The van der Waals surface area contributed by atoms with Crippen molar-refractivity contribution >= 4 is 34.2 Å². The first-order chi connectivity index (χ1) is 11.7. The number of nitro groups is 1. The van der Waals surface area contributed by atoms with Crippen LogP contribution in [0.5, 0.6) is 0 Å². The van der Waals surface area contributed by atoms with Crippen molar-refractivity contribution in [2.75, 3.05) is 17.2 Å². The number of nitrogens with zero attached hydrogens (tertiary/aromatic N) is 5. The average molecular weight is 321 g/mol. The Morgan fingerprint density at radius 3 is 2.96 bits per heavy atom. The summed E-state index contributed by atoms with van der Waals surface area (Å²) < 4.78 is 0. The van der Waals surface area contributed by atoms with Gasteiger partial charge in [0.2, 0.25) is 5.95 Å². The quantitative estimate of drug-likeness (QED) is 0.416. The van der Waals surface area contributed by atoms with Gasteiger partial charge in [-0.3, -0.25) is 10.1 Å². The standard InChI is InChI=1S/C15H11N7O2/c1-2-6-16-15-17-8-12-13(21-15)14(19-9-18-12)20-10-4-3-5-11(7-10)22(23)24/h1,3-5,7-9H,6H2,(H,16,17,21)(H,18,19,20). The molecule has 0 saturated heterocycles. The highest BCUT2D eigenvalue weighted by Crippen LogP contribution is 2.24. The Kier molecular flexibility index (Phi) is 4.11. The SMILES string of the molecule is C#CCNc1ncc2ncnc(Nc3cccc([N+](=O)[O-])c3)c2n1. The third-order valence-electron chi connectivity index (χ3n) is 3.05. The second-order valence-electron chi connectivity index (χ2n) is 4.64. The predicted octanol–water partition coefficient (Wildman–Crippen LogP) is 2.12. The van der Waals surface area contributed by atoms with Gasteiger partial charge in [-0.2, -0.15) is 0 Å². The lowest BCUT2D eigenvalue weighted by atomic mass is 10.3. The van der Waals surface area contributed by atoms with E-state index in [1.807, 2.05) is 0 Å².